The molecule has 0 saturated carbocycles. The van der Waals surface area contributed by atoms with E-state index < -0.39 is 39.2 Å². The molecule has 7 nitrogen and oxygen atoms in total. The monoisotopic (exact) mass is 503 g/mol. The van der Waals surface area contributed by atoms with Gasteiger partial charge in [-0.15, -0.1) is 11.3 Å². The van der Waals surface area contributed by atoms with Crippen molar-refractivity contribution in [3.63, 3.8) is 0 Å². The molecule has 2 amide bonds. The minimum Gasteiger partial charge on any atom is -0.340 e. The normalized spacial score (nSPS) is 12.7. The molecule has 1 atom stereocenters. The van der Waals surface area contributed by atoms with Crippen molar-refractivity contribution in [2.45, 2.75) is 43.0 Å². The molecule has 0 radical (unpaired) electrons. The lowest BCUT2D eigenvalue weighted by molar-refractivity contribution is -0.117. The van der Waals surface area contributed by atoms with Gasteiger partial charge >= 0.3 is 0 Å². The second kappa shape index (κ2) is 10.5. The fourth-order valence-corrected chi connectivity index (χ4v) is 5.72. The number of sulfonamides is 1. The molecular weight excluding hydrogens is 477 g/mol. The molecule has 0 spiro atoms. The maximum absolute atomic E-state index is 13.2. The average Bonchev–Trinajstić information content (AvgIpc) is 3.22. The number of hydrogen-bond donors (Lipinski definition) is 3. The van der Waals surface area contributed by atoms with Crippen molar-refractivity contribution in [2.24, 2.45) is 0 Å². The summed E-state index contributed by atoms with van der Waals surface area (Å²) in [5.74, 6) is -1.51. The number of carbonyl (C=O) groups excluding carboxylic acids is 2. The molecule has 180 valence electrons. The fourth-order valence-electron chi connectivity index (χ4n) is 3.10. The lowest BCUT2D eigenvalue weighted by Crippen LogP contribution is -2.45. The molecule has 0 aliphatic heterocycles. The number of benzene rings is 2. The van der Waals surface area contributed by atoms with Crippen LogP contribution in [0.1, 0.15) is 36.7 Å². The highest BCUT2D eigenvalue weighted by atomic mass is 32.2. The van der Waals surface area contributed by atoms with E-state index in [1.54, 1.807) is 20.8 Å². The zero-order chi connectivity index (χ0) is 24.9. The van der Waals surface area contributed by atoms with E-state index in [0.717, 1.165) is 16.9 Å². The molecule has 3 N–H and O–H groups in total. The second-order valence-corrected chi connectivity index (χ2v) is 11.7. The van der Waals surface area contributed by atoms with Crippen LogP contribution in [0.5, 0.6) is 0 Å². The molecular formula is C24H26FN3O4S2. The summed E-state index contributed by atoms with van der Waals surface area (Å²) in [7, 11) is -3.74. The van der Waals surface area contributed by atoms with Crippen LogP contribution >= 0.6 is 11.3 Å². The first-order valence-electron chi connectivity index (χ1n) is 10.5. The maximum atomic E-state index is 13.2. The van der Waals surface area contributed by atoms with Crippen LogP contribution in [-0.4, -0.2) is 31.8 Å². The van der Waals surface area contributed by atoms with Gasteiger partial charge in [0.1, 0.15) is 16.1 Å². The van der Waals surface area contributed by atoms with Crippen LogP contribution in [0.2, 0.25) is 0 Å². The zero-order valence-corrected chi connectivity index (χ0v) is 20.6. The number of anilines is 1. The summed E-state index contributed by atoms with van der Waals surface area (Å²) in [5.41, 5.74) is 0.383. The van der Waals surface area contributed by atoms with Crippen LogP contribution in [0.4, 0.5) is 9.39 Å². The van der Waals surface area contributed by atoms with Crippen molar-refractivity contribution in [2.75, 3.05) is 5.32 Å². The lowest BCUT2D eigenvalue weighted by atomic mass is 10.0. The van der Waals surface area contributed by atoms with Gasteiger partial charge in [0.25, 0.3) is 15.9 Å². The standard InChI is InChI=1S/C24H26FN3O4S2/c1-24(2,3)28-34(31,32)21-14-13-20(33-21)27-23(30)19(15-16-7-5-4-6-8-16)26-22(29)17-9-11-18(25)12-10-17/h4-14,19,28H,15H2,1-3H3,(H,26,29)(H,27,30)/t19-/m0/s1. The third kappa shape index (κ3) is 7.21. The van der Waals surface area contributed by atoms with Crippen molar-refractivity contribution in [1.82, 2.24) is 10.0 Å². The Morgan fingerprint density at radius 3 is 2.24 bits per heavy atom. The smallest absolute Gasteiger partial charge is 0.251 e. The van der Waals surface area contributed by atoms with Gasteiger partial charge in [-0.25, -0.2) is 17.5 Å². The first-order valence-corrected chi connectivity index (χ1v) is 12.8. The molecule has 0 unspecified atom stereocenters. The van der Waals surface area contributed by atoms with Gasteiger partial charge in [0.05, 0.1) is 5.00 Å². The Labute approximate surface area is 202 Å². The summed E-state index contributed by atoms with van der Waals surface area (Å²) >= 11 is 0.913. The van der Waals surface area contributed by atoms with Crippen molar-refractivity contribution < 1.29 is 22.4 Å². The van der Waals surface area contributed by atoms with Crippen molar-refractivity contribution in [1.29, 1.82) is 0 Å². The molecule has 0 fully saturated rings. The quantitative estimate of drug-likeness (QED) is 0.433. The van der Waals surface area contributed by atoms with Gasteiger partial charge in [0.15, 0.2) is 0 Å². The highest BCUT2D eigenvalue weighted by Crippen LogP contribution is 2.27. The largest absolute Gasteiger partial charge is 0.340 e. The number of halogens is 1. The molecule has 0 aliphatic carbocycles. The minimum atomic E-state index is -3.74. The number of nitrogens with one attached hydrogen (secondary N) is 3. The first kappa shape index (κ1) is 25.5. The number of thiophene rings is 1. The van der Waals surface area contributed by atoms with E-state index in [0.29, 0.717) is 5.00 Å². The third-order valence-electron chi connectivity index (χ3n) is 4.54. The number of rotatable bonds is 8. The van der Waals surface area contributed by atoms with Gasteiger partial charge in [-0.05, 0) is 62.7 Å². The summed E-state index contributed by atoms with van der Waals surface area (Å²) in [4.78, 5) is 25.8. The van der Waals surface area contributed by atoms with Crippen LogP contribution in [0, 0.1) is 5.82 Å². The van der Waals surface area contributed by atoms with Crippen LogP contribution in [0.25, 0.3) is 0 Å². The molecule has 2 aromatic carbocycles. The minimum absolute atomic E-state index is 0.0627. The Hall–Kier alpha value is -3.08. The van der Waals surface area contributed by atoms with E-state index in [9.17, 15) is 22.4 Å². The van der Waals surface area contributed by atoms with E-state index in [1.807, 2.05) is 30.3 Å². The van der Waals surface area contributed by atoms with E-state index >= 15 is 0 Å². The van der Waals surface area contributed by atoms with Crippen molar-refractivity contribution >= 4 is 38.2 Å². The molecule has 10 heteroatoms. The first-order chi connectivity index (χ1) is 15.9. The van der Waals surface area contributed by atoms with Crippen molar-refractivity contribution in [3.8, 4) is 0 Å². The molecule has 34 heavy (non-hydrogen) atoms. The van der Waals surface area contributed by atoms with Crippen LogP contribution in [-0.2, 0) is 21.2 Å². The third-order valence-corrected chi connectivity index (χ3v) is 7.79. The van der Waals surface area contributed by atoms with Crippen molar-refractivity contribution in [3.05, 3.63) is 83.7 Å². The summed E-state index contributed by atoms with van der Waals surface area (Å²) in [6.45, 7) is 5.20. The Morgan fingerprint density at radius 2 is 1.62 bits per heavy atom. The molecule has 0 aliphatic rings. The summed E-state index contributed by atoms with van der Waals surface area (Å²) in [5, 5.41) is 5.71. The molecule has 0 saturated heterocycles. The van der Waals surface area contributed by atoms with Crippen LogP contribution in [0.15, 0.2) is 70.9 Å². The molecule has 0 bridgehead atoms. The zero-order valence-electron chi connectivity index (χ0n) is 19.0. The number of hydrogen-bond acceptors (Lipinski definition) is 5. The van der Waals surface area contributed by atoms with E-state index in [2.05, 4.69) is 15.4 Å². The van der Waals surface area contributed by atoms with Gasteiger partial charge in [-0.1, -0.05) is 30.3 Å². The van der Waals surface area contributed by atoms with Gasteiger partial charge in [0.2, 0.25) is 5.91 Å². The Balaban J connectivity index is 1.78. The lowest BCUT2D eigenvalue weighted by Gasteiger charge is -2.19. The molecule has 1 aromatic heterocycles. The molecule has 3 rings (SSSR count). The van der Waals surface area contributed by atoms with Gasteiger partial charge in [-0.2, -0.15) is 0 Å². The number of carbonyl (C=O) groups is 2. The SMILES string of the molecule is CC(C)(C)NS(=O)(=O)c1ccc(NC(=O)[C@H](Cc2ccccc2)NC(=O)c2ccc(F)cc2)s1. The summed E-state index contributed by atoms with van der Waals surface area (Å²) in [6, 6.07) is 16.1. The average molecular weight is 504 g/mol. The maximum Gasteiger partial charge on any atom is 0.251 e. The van der Waals surface area contributed by atoms with E-state index in [1.165, 1.54) is 36.4 Å². The van der Waals surface area contributed by atoms with E-state index in [4.69, 9.17) is 0 Å². The van der Waals surface area contributed by atoms with Crippen LogP contribution in [0.3, 0.4) is 0 Å². The Bertz CT molecular complexity index is 1250. The number of amides is 2. The molecule has 1 heterocycles. The van der Waals surface area contributed by atoms with Gasteiger partial charge < -0.3 is 10.6 Å². The van der Waals surface area contributed by atoms with Crippen LogP contribution < -0.4 is 15.4 Å². The second-order valence-electron chi connectivity index (χ2n) is 8.69. The predicted octanol–water partition coefficient (Wildman–Crippen LogP) is 3.94. The Kier molecular flexibility index (Phi) is 7.86. The molecule has 3 aromatic rings. The predicted molar refractivity (Wildman–Crippen MR) is 131 cm³/mol. The Morgan fingerprint density at radius 1 is 0.971 bits per heavy atom. The van der Waals surface area contributed by atoms with E-state index in [-0.39, 0.29) is 16.2 Å². The fraction of sp³-hybridized carbons (Fsp3) is 0.250. The van der Waals surface area contributed by atoms with Gasteiger partial charge in [0, 0.05) is 17.5 Å². The highest BCUT2D eigenvalue weighted by Gasteiger charge is 2.26. The summed E-state index contributed by atoms with van der Waals surface area (Å²) < 4.78 is 40.9. The highest BCUT2D eigenvalue weighted by molar-refractivity contribution is 7.91. The van der Waals surface area contributed by atoms with Gasteiger partial charge in [-0.3, -0.25) is 9.59 Å². The topological polar surface area (TPSA) is 104 Å². The summed E-state index contributed by atoms with van der Waals surface area (Å²) in [6.07, 6.45) is 0.210.